The molecule has 5 nitrogen and oxygen atoms in total. The summed E-state index contributed by atoms with van der Waals surface area (Å²) < 4.78 is 25.8. The molecular weight excluding hydrogens is 615 g/mol. The summed E-state index contributed by atoms with van der Waals surface area (Å²) in [5.74, 6) is -0.0568. The zero-order valence-electron chi connectivity index (χ0n) is 30.8. The zero-order valence-corrected chi connectivity index (χ0v) is 31.7. The molecular formula is C42H57O5P. The van der Waals surface area contributed by atoms with Gasteiger partial charge in [-0.1, -0.05) is 113 Å². The number of benzene rings is 3. The average Bonchev–Trinajstić information content (AvgIpc) is 3.02. The second kappa shape index (κ2) is 19.6. The third-order valence-electron chi connectivity index (χ3n) is 9.08. The van der Waals surface area contributed by atoms with Gasteiger partial charge in [-0.05, 0) is 82.7 Å². The van der Waals surface area contributed by atoms with Crippen molar-refractivity contribution in [2.45, 2.75) is 132 Å². The van der Waals surface area contributed by atoms with Crippen LogP contribution in [0.25, 0.3) is 0 Å². The molecule has 0 fully saturated rings. The Hall–Kier alpha value is -3.30. The van der Waals surface area contributed by atoms with Gasteiger partial charge in [-0.3, -0.25) is 14.2 Å². The second-order valence-corrected chi connectivity index (χ2v) is 14.2. The van der Waals surface area contributed by atoms with Crippen LogP contribution in [-0.4, -0.2) is 24.8 Å². The predicted molar refractivity (Wildman–Crippen MR) is 200 cm³/mol. The lowest BCUT2D eigenvalue weighted by atomic mass is 9.88. The van der Waals surface area contributed by atoms with Crippen LogP contribution in [0.5, 0.6) is 11.5 Å². The molecule has 0 heterocycles. The van der Waals surface area contributed by atoms with Crippen LogP contribution in [0.2, 0.25) is 0 Å². The third kappa shape index (κ3) is 10.3. The molecule has 6 heteroatoms. The Labute approximate surface area is 291 Å². The molecule has 3 rings (SSSR count). The zero-order chi connectivity index (χ0) is 35.2. The summed E-state index contributed by atoms with van der Waals surface area (Å²) in [6.07, 6.45) is 13.0. The SMILES string of the molecule is CCCCCCCCOc1c(P=O)cc(C(=O)c2c(C)cc(C)cc2C)c(OCCCCCCCC)c1C(=O)c1c(C)cc(C)cc1C. The lowest BCUT2D eigenvalue weighted by Gasteiger charge is -2.22. The van der Waals surface area contributed by atoms with Crippen LogP contribution >= 0.6 is 8.46 Å². The predicted octanol–water partition coefficient (Wildman–Crippen LogP) is 11.4. The average molecular weight is 673 g/mol. The summed E-state index contributed by atoms with van der Waals surface area (Å²) in [6, 6.07) is 9.59. The number of ether oxygens (including phenoxy) is 2. The molecule has 0 radical (unpaired) electrons. The van der Waals surface area contributed by atoms with Crippen molar-refractivity contribution in [3.05, 3.63) is 86.0 Å². The van der Waals surface area contributed by atoms with Gasteiger partial charge in [-0.15, -0.1) is 0 Å². The van der Waals surface area contributed by atoms with Crippen molar-refractivity contribution in [2.24, 2.45) is 0 Å². The van der Waals surface area contributed by atoms with E-state index in [-0.39, 0.29) is 48.0 Å². The van der Waals surface area contributed by atoms with Gasteiger partial charge in [0.1, 0.15) is 17.1 Å². The molecule has 0 aromatic heterocycles. The van der Waals surface area contributed by atoms with Crippen molar-refractivity contribution in [1.82, 2.24) is 0 Å². The number of rotatable bonds is 21. The highest BCUT2D eigenvalue weighted by molar-refractivity contribution is 7.34. The van der Waals surface area contributed by atoms with Crippen molar-refractivity contribution >= 4 is 25.3 Å². The minimum Gasteiger partial charge on any atom is -0.492 e. The summed E-state index contributed by atoms with van der Waals surface area (Å²) >= 11 is 0. The first-order valence-electron chi connectivity index (χ1n) is 18.1. The fourth-order valence-corrected chi connectivity index (χ4v) is 7.26. The number of carbonyl (C=O) groups is 2. The molecule has 0 aliphatic carbocycles. The maximum atomic E-state index is 14.8. The summed E-state index contributed by atoms with van der Waals surface area (Å²) in [7, 11) is -0.329. The van der Waals surface area contributed by atoms with E-state index in [1.807, 2.05) is 65.8 Å². The van der Waals surface area contributed by atoms with Gasteiger partial charge >= 0.3 is 0 Å². The van der Waals surface area contributed by atoms with Gasteiger partial charge in [0.05, 0.1) is 24.1 Å². The molecule has 48 heavy (non-hydrogen) atoms. The van der Waals surface area contributed by atoms with E-state index in [2.05, 4.69) is 13.8 Å². The number of carbonyl (C=O) groups excluding carboxylic acids is 2. The molecule has 0 N–H and O–H groups in total. The van der Waals surface area contributed by atoms with Gasteiger partial charge in [0, 0.05) is 11.1 Å². The Morgan fingerprint density at radius 3 is 1.35 bits per heavy atom. The van der Waals surface area contributed by atoms with Gasteiger partial charge < -0.3 is 9.47 Å². The molecule has 0 bridgehead atoms. The Balaban J connectivity index is 2.22. The van der Waals surface area contributed by atoms with Gasteiger partial charge in [-0.25, -0.2) is 0 Å². The van der Waals surface area contributed by atoms with Crippen molar-refractivity contribution < 1.29 is 23.6 Å². The van der Waals surface area contributed by atoms with E-state index in [0.29, 0.717) is 24.3 Å². The second-order valence-electron chi connectivity index (χ2n) is 13.5. The van der Waals surface area contributed by atoms with Crippen LogP contribution in [0.3, 0.4) is 0 Å². The van der Waals surface area contributed by atoms with Crippen LogP contribution in [-0.2, 0) is 4.57 Å². The molecule has 0 aliphatic rings. The molecule has 0 amide bonds. The summed E-state index contributed by atoms with van der Waals surface area (Å²) in [4.78, 5) is 29.4. The molecule has 0 unspecified atom stereocenters. The van der Waals surface area contributed by atoms with E-state index in [1.165, 1.54) is 38.5 Å². The molecule has 0 saturated carbocycles. The first kappa shape index (κ1) is 39.1. The topological polar surface area (TPSA) is 69.7 Å². The van der Waals surface area contributed by atoms with Crippen molar-refractivity contribution in [2.75, 3.05) is 13.2 Å². The van der Waals surface area contributed by atoms with Crippen LogP contribution in [0.4, 0.5) is 0 Å². The summed E-state index contributed by atoms with van der Waals surface area (Å²) in [5.41, 5.74) is 7.06. The van der Waals surface area contributed by atoms with Crippen LogP contribution < -0.4 is 14.8 Å². The standard InChI is InChI=1S/C42H57O5P/c1-9-11-13-15-17-19-21-46-41-34(39(43)36-30(5)23-28(3)24-31(36)6)27-35(48-45)42(47-22-20-18-16-14-12-10-2)38(41)40(44)37-32(7)25-29(4)26-33(37)8/h23-27H,9-22H2,1-8H3. The molecule has 3 aromatic carbocycles. The van der Waals surface area contributed by atoms with Crippen molar-refractivity contribution in [1.29, 1.82) is 0 Å². The van der Waals surface area contributed by atoms with E-state index >= 15 is 0 Å². The van der Waals surface area contributed by atoms with E-state index < -0.39 is 0 Å². The highest BCUT2D eigenvalue weighted by atomic mass is 31.1. The van der Waals surface area contributed by atoms with Gasteiger partial charge in [-0.2, -0.15) is 0 Å². The summed E-state index contributed by atoms with van der Waals surface area (Å²) in [5, 5.41) is 0.282. The lowest BCUT2D eigenvalue weighted by Crippen LogP contribution is -2.20. The Morgan fingerprint density at radius 2 is 0.917 bits per heavy atom. The number of hydrogen-bond donors (Lipinski definition) is 0. The first-order chi connectivity index (χ1) is 23.0. The lowest BCUT2D eigenvalue weighted by molar-refractivity contribution is 0.102. The Kier molecular flexibility index (Phi) is 16.0. The fraction of sp³-hybridized carbons (Fsp3) is 0.524. The van der Waals surface area contributed by atoms with Gasteiger partial charge in [0.15, 0.2) is 14.2 Å². The smallest absolute Gasteiger partial charge is 0.201 e. The fourth-order valence-electron chi connectivity index (χ4n) is 6.82. The minimum absolute atomic E-state index is 0.189. The van der Waals surface area contributed by atoms with Crippen LogP contribution in [0, 0.1) is 41.5 Å². The van der Waals surface area contributed by atoms with Gasteiger partial charge in [0.2, 0.25) is 5.78 Å². The monoisotopic (exact) mass is 672 g/mol. The van der Waals surface area contributed by atoms with Crippen LogP contribution in [0.15, 0.2) is 30.3 Å². The van der Waals surface area contributed by atoms with Crippen molar-refractivity contribution in [3.8, 4) is 11.5 Å². The molecule has 0 atom stereocenters. The van der Waals surface area contributed by atoms with Crippen molar-refractivity contribution in [3.63, 3.8) is 0 Å². The minimum atomic E-state index is -0.329. The molecule has 0 spiro atoms. The number of aryl methyl sites for hydroxylation is 6. The molecule has 3 aromatic rings. The van der Waals surface area contributed by atoms with E-state index in [0.717, 1.165) is 71.9 Å². The molecule has 260 valence electrons. The first-order valence-corrected chi connectivity index (χ1v) is 18.9. The van der Waals surface area contributed by atoms with E-state index in [4.69, 9.17) is 9.47 Å². The number of hydrogen-bond acceptors (Lipinski definition) is 5. The third-order valence-corrected chi connectivity index (χ3v) is 9.61. The highest BCUT2D eigenvalue weighted by Gasteiger charge is 2.32. The molecule has 0 saturated heterocycles. The summed E-state index contributed by atoms with van der Waals surface area (Å²) in [6.45, 7) is 16.9. The quantitative estimate of drug-likeness (QED) is 0.0640. The maximum absolute atomic E-state index is 14.8. The Morgan fingerprint density at radius 1 is 0.521 bits per heavy atom. The maximum Gasteiger partial charge on any atom is 0.201 e. The largest absolute Gasteiger partial charge is 0.492 e. The number of unbranched alkanes of at least 4 members (excludes halogenated alkanes) is 10. The van der Waals surface area contributed by atoms with Crippen LogP contribution in [0.1, 0.15) is 156 Å². The Bertz CT molecular complexity index is 1520. The van der Waals surface area contributed by atoms with Gasteiger partial charge in [0.25, 0.3) is 0 Å². The van der Waals surface area contributed by atoms with E-state index in [1.54, 1.807) is 6.07 Å². The van der Waals surface area contributed by atoms with E-state index in [9.17, 15) is 14.2 Å². The normalized spacial score (nSPS) is 11.2. The molecule has 0 aliphatic heterocycles. The number of ketones is 2. The highest BCUT2D eigenvalue weighted by Crippen LogP contribution is 2.39.